The number of aliphatic carboxylic acids is 1. The summed E-state index contributed by atoms with van der Waals surface area (Å²) >= 11 is 13.2. The summed E-state index contributed by atoms with van der Waals surface area (Å²) in [4.78, 5) is 26.2. The molecule has 2 heterocycles. The van der Waals surface area contributed by atoms with Crippen molar-refractivity contribution in [2.45, 2.75) is 39.5 Å². The number of carboxylic acids is 1. The van der Waals surface area contributed by atoms with Gasteiger partial charge in [-0.25, -0.2) is 0 Å². The number of aryl methyl sites for hydroxylation is 2. The van der Waals surface area contributed by atoms with Crippen LogP contribution >= 0.6 is 23.2 Å². The Morgan fingerprint density at radius 2 is 1.89 bits per heavy atom. The molecule has 0 spiro atoms. The van der Waals surface area contributed by atoms with E-state index >= 15 is 0 Å². The van der Waals surface area contributed by atoms with Gasteiger partial charge >= 0.3 is 12.3 Å². The normalized spacial score (nSPS) is 18.2. The molecule has 3 aromatic rings. The number of rotatable bonds is 6. The first-order valence-corrected chi connectivity index (χ1v) is 12.8. The van der Waals surface area contributed by atoms with E-state index in [0.29, 0.717) is 46.7 Å². The number of carbonyl (C=O) groups is 2. The second-order valence-corrected chi connectivity index (χ2v) is 10.6. The Balaban J connectivity index is 1.62. The number of fused-ring (bicyclic) bond motifs is 1. The van der Waals surface area contributed by atoms with Crippen LogP contribution in [0.3, 0.4) is 0 Å². The zero-order valence-electron chi connectivity index (χ0n) is 21.0. The van der Waals surface area contributed by atoms with E-state index in [1.807, 2.05) is 13.0 Å². The second-order valence-electron chi connectivity index (χ2n) is 9.85. The monoisotopic (exact) mass is 570 g/mol. The van der Waals surface area contributed by atoms with Gasteiger partial charge in [-0.2, -0.15) is 0 Å². The average molecular weight is 571 g/mol. The fraction of sp³-hybridized carbons (Fsp3) is 0.407. The third kappa shape index (κ3) is 5.89. The summed E-state index contributed by atoms with van der Waals surface area (Å²) in [5, 5.41) is 10.5. The largest absolute Gasteiger partial charge is 0.573 e. The van der Waals surface area contributed by atoms with Crippen molar-refractivity contribution in [1.82, 2.24) is 9.47 Å². The number of aromatic nitrogens is 1. The van der Waals surface area contributed by atoms with Gasteiger partial charge in [0, 0.05) is 55.1 Å². The molecule has 11 heteroatoms. The van der Waals surface area contributed by atoms with E-state index in [2.05, 4.69) is 4.74 Å². The summed E-state index contributed by atoms with van der Waals surface area (Å²) in [6.07, 6.45) is -3.89. The lowest BCUT2D eigenvalue weighted by atomic mass is 9.84. The van der Waals surface area contributed by atoms with Gasteiger partial charge in [-0.3, -0.25) is 9.59 Å². The molecule has 0 saturated carbocycles. The Morgan fingerprint density at radius 3 is 2.53 bits per heavy atom. The molecule has 2 atom stereocenters. The molecule has 0 aliphatic carbocycles. The number of nitrogens with zero attached hydrogens (tertiary/aromatic N) is 2. The van der Waals surface area contributed by atoms with E-state index in [1.165, 1.54) is 12.1 Å². The third-order valence-corrected chi connectivity index (χ3v) is 8.04. The molecule has 1 fully saturated rings. The molecule has 1 N–H and O–H groups in total. The minimum Gasteiger partial charge on any atom is -0.481 e. The predicted molar refractivity (Wildman–Crippen MR) is 139 cm³/mol. The van der Waals surface area contributed by atoms with Crippen LogP contribution in [0.1, 0.15) is 46.9 Å². The SMILES string of the molecule is Cc1cc(OC(F)(F)F)cc2c1cc(Cc1c(Cl)ccc(C(=O)N3CCC(CC(=O)O)C(C)C3)c1Cl)n2C. The van der Waals surface area contributed by atoms with E-state index in [-0.39, 0.29) is 41.4 Å². The van der Waals surface area contributed by atoms with Crippen LogP contribution in [-0.2, 0) is 18.3 Å². The highest BCUT2D eigenvalue weighted by molar-refractivity contribution is 6.38. The van der Waals surface area contributed by atoms with Crippen molar-refractivity contribution < 1.29 is 32.6 Å². The quantitative estimate of drug-likeness (QED) is 0.351. The number of alkyl halides is 3. The van der Waals surface area contributed by atoms with Gasteiger partial charge < -0.3 is 19.3 Å². The van der Waals surface area contributed by atoms with Crippen LogP contribution in [0.5, 0.6) is 5.75 Å². The first kappa shape index (κ1) is 28.1. The van der Waals surface area contributed by atoms with Gasteiger partial charge in [0.1, 0.15) is 5.75 Å². The smallest absolute Gasteiger partial charge is 0.481 e. The molecule has 38 heavy (non-hydrogen) atoms. The van der Waals surface area contributed by atoms with Crippen molar-refractivity contribution >= 4 is 46.0 Å². The first-order valence-electron chi connectivity index (χ1n) is 12.1. The number of halogens is 5. The highest BCUT2D eigenvalue weighted by Gasteiger charge is 2.33. The van der Waals surface area contributed by atoms with Crippen LogP contribution in [0.2, 0.25) is 10.0 Å². The summed E-state index contributed by atoms with van der Waals surface area (Å²) in [7, 11) is 1.73. The van der Waals surface area contributed by atoms with Crippen LogP contribution in [0.25, 0.3) is 10.9 Å². The molecule has 1 aliphatic rings. The van der Waals surface area contributed by atoms with Gasteiger partial charge in [-0.05, 0) is 60.6 Å². The van der Waals surface area contributed by atoms with Crippen molar-refractivity contribution in [3.63, 3.8) is 0 Å². The zero-order chi connectivity index (χ0) is 27.9. The third-order valence-electron chi connectivity index (χ3n) is 7.26. The number of carbonyl (C=O) groups excluding carboxylic acids is 1. The van der Waals surface area contributed by atoms with Crippen LogP contribution in [-0.4, -0.2) is 45.9 Å². The van der Waals surface area contributed by atoms with Crippen LogP contribution in [0.15, 0.2) is 30.3 Å². The van der Waals surface area contributed by atoms with E-state index < -0.39 is 12.3 Å². The maximum Gasteiger partial charge on any atom is 0.573 e. The zero-order valence-corrected chi connectivity index (χ0v) is 22.5. The fourth-order valence-corrected chi connectivity index (χ4v) is 5.76. The fourth-order valence-electron chi connectivity index (χ4n) is 5.18. The van der Waals surface area contributed by atoms with E-state index in [1.54, 1.807) is 35.6 Å². The Kier molecular flexibility index (Phi) is 7.91. The van der Waals surface area contributed by atoms with Gasteiger partial charge in [0.2, 0.25) is 0 Å². The minimum absolute atomic E-state index is 0.00442. The second kappa shape index (κ2) is 10.7. The summed E-state index contributed by atoms with van der Waals surface area (Å²) in [5.74, 6) is -1.38. The van der Waals surface area contributed by atoms with Crippen molar-refractivity contribution in [2.24, 2.45) is 18.9 Å². The molecule has 2 unspecified atom stereocenters. The number of hydrogen-bond donors (Lipinski definition) is 1. The molecular weight excluding hydrogens is 544 g/mol. The molecule has 0 radical (unpaired) electrons. The Bertz CT molecular complexity index is 1400. The van der Waals surface area contributed by atoms with Gasteiger partial charge in [-0.15, -0.1) is 13.2 Å². The number of hydrogen-bond acceptors (Lipinski definition) is 3. The lowest BCUT2D eigenvalue weighted by Gasteiger charge is -2.36. The van der Waals surface area contributed by atoms with Crippen molar-refractivity contribution in [2.75, 3.05) is 13.1 Å². The van der Waals surface area contributed by atoms with Crippen LogP contribution < -0.4 is 4.74 Å². The number of piperidine rings is 1. The maximum atomic E-state index is 13.4. The summed E-state index contributed by atoms with van der Waals surface area (Å²) in [6.45, 7) is 4.50. The molecule has 6 nitrogen and oxygen atoms in total. The van der Waals surface area contributed by atoms with Gasteiger partial charge in [-0.1, -0.05) is 30.1 Å². The van der Waals surface area contributed by atoms with Crippen molar-refractivity contribution in [3.05, 3.63) is 62.8 Å². The summed E-state index contributed by atoms with van der Waals surface area (Å²) < 4.78 is 44.2. The standard InChI is InChI=1S/C27H27Cl2F3N2O4/c1-14-8-18(38-27(30,31)32)12-23-20(14)10-17(33(23)3)11-21-22(28)5-4-19(25(21)29)26(37)34-7-6-16(9-24(35)36)15(2)13-34/h4-5,8,10,12,15-16H,6-7,9,11,13H2,1-3H3,(H,35,36). The van der Waals surface area contributed by atoms with E-state index in [4.69, 9.17) is 28.3 Å². The number of benzene rings is 2. The number of ether oxygens (including phenoxy) is 1. The van der Waals surface area contributed by atoms with Gasteiger partial charge in [0.15, 0.2) is 0 Å². The van der Waals surface area contributed by atoms with Crippen LogP contribution in [0.4, 0.5) is 13.2 Å². The predicted octanol–water partition coefficient (Wildman–Crippen LogP) is 6.86. The molecule has 1 saturated heterocycles. The Hall–Kier alpha value is -2.91. The first-order chi connectivity index (χ1) is 17.7. The Morgan fingerprint density at radius 1 is 1.18 bits per heavy atom. The average Bonchev–Trinajstić information content (AvgIpc) is 3.12. The molecule has 0 bridgehead atoms. The summed E-state index contributed by atoms with van der Waals surface area (Å²) in [6, 6.07) is 7.71. The van der Waals surface area contributed by atoms with Crippen LogP contribution in [0, 0.1) is 18.8 Å². The van der Waals surface area contributed by atoms with E-state index in [0.717, 1.165) is 11.1 Å². The molecule has 204 valence electrons. The van der Waals surface area contributed by atoms with E-state index in [9.17, 15) is 22.8 Å². The molecule has 1 aromatic heterocycles. The summed E-state index contributed by atoms with van der Waals surface area (Å²) in [5.41, 5.74) is 2.74. The number of likely N-dealkylation sites (tertiary alicyclic amines) is 1. The topological polar surface area (TPSA) is 71.8 Å². The highest BCUT2D eigenvalue weighted by Crippen LogP contribution is 2.36. The highest BCUT2D eigenvalue weighted by atomic mass is 35.5. The Labute approximate surface area is 227 Å². The molecular formula is C27H27Cl2F3N2O4. The van der Waals surface area contributed by atoms with Gasteiger partial charge in [0.05, 0.1) is 16.1 Å². The van der Waals surface area contributed by atoms with Crippen molar-refractivity contribution in [1.29, 1.82) is 0 Å². The lowest BCUT2D eigenvalue weighted by molar-refractivity contribution is -0.274. The molecule has 4 rings (SSSR count). The van der Waals surface area contributed by atoms with Gasteiger partial charge in [0.25, 0.3) is 5.91 Å². The molecule has 1 aliphatic heterocycles. The molecule has 1 amide bonds. The molecule has 2 aromatic carbocycles. The lowest BCUT2D eigenvalue weighted by Crippen LogP contribution is -2.43. The minimum atomic E-state index is -4.80. The van der Waals surface area contributed by atoms with Crippen molar-refractivity contribution in [3.8, 4) is 5.75 Å². The number of carboxylic acid groups (broad SMARTS) is 1. The maximum absolute atomic E-state index is 13.4. The number of amides is 1.